The summed E-state index contributed by atoms with van der Waals surface area (Å²) in [5.41, 5.74) is 2.43. The molecule has 0 aromatic heterocycles. The summed E-state index contributed by atoms with van der Waals surface area (Å²) in [6.45, 7) is 28.1. The monoisotopic (exact) mass is 547 g/mol. The molecular formula is C30H66N3O3P. The molecule has 3 aliphatic rings. The van der Waals surface area contributed by atoms with Crippen molar-refractivity contribution in [2.45, 2.75) is 174 Å². The standard InChI is InChI=1S/3C10H21N.H3O3P/c3*1-9(2)7-6-8-10(3,4)11(9)5;1-4(2)3/h3*6-8H2,1-5H3;1-3H. The van der Waals surface area contributed by atoms with Crippen molar-refractivity contribution in [2.24, 2.45) is 0 Å². The minimum atomic E-state index is -2.62. The van der Waals surface area contributed by atoms with E-state index in [1.807, 2.05) is 0 Å². The molecule has 0 bridgehead atoms. The maximum atomic E-state index is 7.23. The van der Waals surface area contributed by atoms with Crippen LogP contribution in [0.25, 0.3) is 0 Å². The van der Waals surface area contributed by atoms with E-state index in [2.05, 4.69) is 119 Å². The first-order valence-corrected chi connectivity index (χ1v) is 15.6. The summed E-state index contributed by atoms with van der Waals surface area (Å²) in [6, 6.07) is 0. The smallest absolute Gasteiger partial charge is 0.324 e. The predicted molar refractivity (Wildman–Crippen MR) is 163 cm³/mol. The van der Waals surface area contributed by atoms with Crippen LogP contribution in [0.2, 0.25) is 0 Å². The van der Waals surface area contributed by atoms with Gasteiger partial charge >= 0.3 is 8.60 Å². The average molecular weight is 548 g/mol. The lowest BCUT2D eigenvalue weighted by Gasteiger charge is -2.51. The zero-order valence-corrected chi connectivity index (χ0v) is 28.4. The van der Waals surface area contributed by atoms with Crippen molar-refractivity contribution in [3.63, 3.8) is 0 Å². The molecule has 3 rings (SSSR count). The SMILES string of the molecule is CN1C(C)(C)CCCC1(C)C.CN1C(C)(C)CCCC1(C)C.CN1C(C)(C)CCCC1(C)C.OP(O)O. The van der Waals surface area contributed by atoms with Crippen molar-refractivity contribution in [1.29, 1.82) is 0 Å². The molecule has 0 spiro atoms. The molecule has 0 unspecified atom stereocenters. The summed E-state index contributed by atoms with van der Waals surface area (Å²) in [6.07, 6.45) is 12.2. The molecule has 3 aliphatic heterocycles. The summed E-state index contributed by atoms with van der Waals surface area (Å²) >= 11 is 0. The van der Waals surface area contributed by atoms with Crippen molar-refractivity contribution < 1.29 is 14.7 Å². The quantitative estimate of drug-likeness (QED) is 0.279. The molecule has 0 aromatic carbocycles. The zero-order chi connectivity index (χ0) is 29.7. The summed E-state index contributed by atoms with van der Waals surface area (Å²) in [4.78, 5) is 29.2. The third-order valence-electron chi connectivity index (χ3n) is 10.2. The number of hydrogen-bond donors (Lipinski definition) is 3. The topological polar surface area (TPSA) is 70.4 Å². The van der Waals surface area contributed by atoms with Crippen LogP contribution in [0, 0.1) is 0 Å². The third-order valence-corrected chi connectivity index (χ3v) is 10.2. The maximum Gasteiger partial charge on any atom is 0.324 e. The van der Waals surface area contributed by atoms with E-state index < -0.39 is 8.60 Å². The van der Waals surface area contributed by atoms with Crippen LogP contribution in [-0.4, -0.2) is 83.8 Å². The first kappa shape index (κ1) is 37.2. The van der Waals surface area contributed by atoms with Crippen LogP contribution in [-0.2, 0) is 0 Å². The summed E-state index contributed by atoms with van der Waals surface area (Å²) in [5.74, 6) is 0. The Kier molecular flexibility index (Phi) is 13.8. The molecule has 3 heterocycles. The van der Waals surface area contributed by atoms with Crippen LogP contribution in [0.4, 0.5) is 0 Å². The van der Waals surface area contributed by atoms with Gasteiger partial charge in [-0.1, -0.05) is 0 Å². The second-order valence-corrected chi connectivity index (χ2v) is 15.9. The number of hydrogen-bond acceptors (Lipinski definition) is 6. The molecule has 0 saturated carbocycles. The minimum absolute atomic E-state index is 0.405. The van der Waals surface area contributed by atoms with Gasteiger partial charge in [-0.25, -0.2) is 0 Å². The molecular weight excluding hydrogens is 481 g/mol. The van der Waals surface area contributed by atoms with Gasteiger partial charge in [0.05, 0.1) is 0 Å². The molecule has 0 atom stereocenters. The molecule has 3 fully saturated rings. The molecule has 224 valence electrons. The largest absolute Gasteiger partial charge is 0.328 e. The van der Waals surface area contributed by atoms with Gasteiger partial charge in [-0.05, 0) is 162 Å². The van der Waals surface area contributed by atoms with E-state index >= 15 is 0 Å². The van der Waals surface area contributed by atoms with Gasteiger partial charge in [-0.2, -0.15) is 0 Å². The van der Waals surface area contributed by atoms with E-state index in [0.29, 0.717) is 33.2 Å². The zero-order valence-electron chi connectivity index (χ0n) is 27.5. The molecule has 37 heavy (non-hydrogen) atoms. The van der Waals surface area contributed by atoms with E-state index in [1.165, 1.54) is 57.8 Å². The lowest BCUT2D eigenvalue weighted by atomic mass is 9.80. The van der Waals surface area contributed by atoms with E-state index in [0.717, 1.165) is 0 Å². The van der Waals surface area contributed by atoms with Crippen molar-refractivity contribution in [3.05, 3.63) is 0 Å². The molecule has 0 aliphatic carbocycles. The van der Waals surface area contributed by atoms with E-state index in [-0.39, 0.29) is 0 Å². The Labute approximate surface area is 233 Å². The second kappa shape index (κ2) is 13.7. The summed E-state index contributed by atoms with van der Waals surface area (Å²) in [5, 5.41) is 0. The van der Waals surface area contributed by atoms with Gasteiger partial charge < -0.3 is 14.7 Å². The highest BCUT2D eigenvalue weighted by Crippen LogP contribution is 2.38. The molecule has 3 saturated heterocycles. The average Bonchev–Trinajstić information content (AvgIpc) is 2.69. The van der Waals surface area contributed by atoms with Gasteiger partial charge in [0.2, 0.25) is 0 Å². The number of likely N-dealkylation sites (tertiary alicyclic amines) is 3. The van der Waals surface area contributed by atoms with E-state index in [9.17, 15) is 0 Å². The van der Waals surface area contributed by atoms with Gasteiger partial charge in [0.15, 0.2) is 0 Å². The van der Waals surface area contributed by atoms with Gasteiger partial charge in [-0.15, -0.1) is 0 Å². The fraction of sp³-hybridized carbons (Fsp3) is 1.00. The molecule has 0 radical (unpaired) electrons. The Balaban J connectivity index is 0.000000490. The Morgan fingerprint density at radius 1 is 0.378 bits per heavy atom. The third kappa shape index (κ3) is 11.7. The van der Waals surface area contributed by atoms with Gasteiger partial charge in [0, 0.05) is 33.2 Å². The van der Waals surface area contributed by atoms with Gasteiger partial charge in [0.25, 0.3) is 0 Å². The summed E-state index contributed by atoms with van der Waals surface area (Å²) < 4.78 is 0. The first-order chi connectivity index (χ1) is 16.3. The van der Waals surface area contributed by atoms with Crippen LogP contribution in [0.5, 0.6) is 0 Å². The van der Waals surface area contributed by atoms with Crippen LogP contribution in [0.3, 0.4) is 0 Å². The maximum absolute atomic E-state index is 7.23. The lowest BCUT2D eigenvalue weighted by Crippen LogP contribution is -2.56. The highest BCUT2D eigenvalue weighted by molar-refractivity contribution is 7.38. The van der Waals surface area contributed by atoms with Crippen LogP contribution < -0.4 is 0 Å². The van der Waals surface area contributed by atoms with Crippen LogP contribution in [0.1, 0.15) is 141 Å². The molecule has 7 heteroatoms. The molecule has 6 nitrogen and oxygen atoms in total. The molecule has 0 amide bonds. The summed E-state index contributed by atoms with van der Waals surface area (Å²) in [7, 11) is 4.13. The number of nitrogens with zero attached hydrogens (tertiary/aromatic N) is 3. The van der Waals surface area contributed by atoms with E-state index in [1.54, 1.807) is 0 Å². The number of piperidine rings is 3. The van der Waals surface area contributed by atoms with E-state index in [4.69, 9.17) is 14.7 Å². The highest BCUT2D eigenvalue weighted by atomic mass is 31.2. The fourth-order valence-corrected chi connectivity index (χ4v) is 6.33. The van der Waals surface area contributed by atoms with Crippen molar-refractivity contribution in [1.82, 2.24) is 14.7 Å². The predicted octanol–water partition coefficient (Wildman–Crippen LogP) is 7.17. The Morgan fingerprint density at radius 2 is 0.486 bits per heavy atom. The second-order valence-electron chi connectivity index (χ2n) is 15.4. The Hall–Kier alpha value is 0.190. The number of rotatable bonds is 0. The lowest BCUT2D eigenvalue weighted by molar-refractivity contribution is -0.00223. The molecule has 3 N–H and O–H groups in total. The van der Waals surface area contributed by atoms with Crippen molar-refractivity contribution >= 4 is 8.60 Å². The van der Waals surface area contributed by atoms with Crippen LogP contribution in [0.15, 0.2) is 0 Å². The van der Waals surface area contributed by atoms with Crippen molar-refractivity contribution in [2.75, 3.05) is 21.1 Å². The minimum Gasteiger partial charge on any atom is -0.328 e. The highest BCUT2D eigenvalue weighted by Gasteiger charge is 2.39. The molecule has 0 aromatic rings. The Morgan fingerprint density at radius 3 is 0.568 bits per heavy atom. The van der Waals surface area contributed by atoms with Crippen molar-refractivity contribution in [3.8, 4) is 0 Å². The fourth-order valence-electron chi connectivity index (χ4n) is 6.33. The first-order valence-electron chi connectivity index (χ1n) is 14.4. The van der Waals surface area contributed by atoms with Crippen LogP contribution >= 0.6 is 8.60 Å². The van der Waals surface area contributed by atoms with Gasteiger partial charge in [-0.3, -0.25) is 14.7 Å². The normalized spacial score (nSPS) is 28.0. The van der Waals surface area contributed by atoms with Gasteiger partial charge in [0.1, 0.15) is 0 Å². The Bertz CT molecular complexity index is 539.